The Labute approximate surface area is 103 Å². The molecule has 0 unspecified atom stereocenters. The molecule has 0 aliphatic rings. The summed E-state index contributed by atoms with van der Waals surface area (Å²) in [6.45, 7) is 2.14. The van der Waals surface area contributed by atoms with Crippen LogP contribution in [-0.4, -0.2) is 12.9 Å². The van der Waals surface area contributed by atoms with Gasteiger partial charge in [0, 0.05) is 6.42 Å². The van der Waals surface area contributed by atoms with Crippen LogP contribution in [0.3, 0.4) is 0 Å². The van der Waals surface area contributed by atoms with Crippen LogP contribution in [-0.2, 0) is 4.79 Å². The van der Waals surface area contributed by atoms with Gasteiger partial charge in [-0.05, 0) is 30.2 Å². The van der Waals surface area contributed by atoms with Crippen LogP contribution in [0.5, 0.6) is 5.75 Å². The van der Waals surface area contributed by atoms with Crippen LogP contribution in [0.1, 0.15) is 38.2 Å². The molecule has 92 valence electrons. The molecule has 2 nitrogen and oxygen atoms in total. The van der Waals surface area contributed by atoms with Crippen molar-refractivity contribution in [2.24, 2.45) is 0 Å². The number of hydrogen-bond donors (Lipinski definition) is 0. The summed E-state index contributed by atoms with van der Waals surface area (Å²) in [6, 6.07) is 7.66. The molecule has 0 spiro atoms. The normalized spacial score (nSPS) is 10.7. The van der Waals surface area contributed by atoms with E-state index in [0.717, 1.165) is 30.6 Å². The lowest BCUT2D eigenvalue weighted by Gasteiger charge is -1.99. The second-order valence-corrected chi connectivity index (χ2v) is 4.03. The molecule has 0 aliphatic heterocycles. The number of carbonyl (C=O) groups is 1. The summed E-state index contributed by atoms with van der Waals surface area (Å²) >= 11 is 0. The number of benzene rings is 1. The molecular weight excluding hydrogens is 212 g/mol. The first-order chi connectivity index (χ1) is 8.26. The molecule has 0 saturated heterocycles. The van der Waals surface area contributed by atoms with Gasteiger partial charge in [0.25, 0.3) is 0 Å². The van der Waals surface area contributed by atoms with Gasteiger partial charge in [-0.1, -0.05) is 38.0 Å². The SMILES string of the molecule is CCCCCC(=O)/C=C/c1ccc(OC)cc1. The highest BCUT2D eigenvalue weighted by Gasteiger charge is 1.96. The van der Waals surface area contributed by atoms with Crippen LogP contribution in [0.4, 0.5) is 0 Å². The number of ketones is 1. The third kappa shape index (κ3) is 5.34. The van der Waals surface area contributed by atoms with E-state index in [-0.39, 0.29) is 5.78 Å². The third-order valence-electron chi connectivity index (χ3n) is 2.60. The van der Waals surface area contributed by atoms with Crippen molar-refractivity contribution in [1.29, 1.82) is 0 Å². The number of rotatable bonds is 7. The number of unbranched alkanes of at least 4 members (excludes halogenated alkanes) is 2. The Balaban J connectivity index is 2.43. The van der Waals surface area contributed by atoms with Crippen LogP contribution in [0.2, 0.25) is 0 Å². The van der Waals surface area contributed by atoms with E-state index in [9.17, 15) is 4.79 Å². The van der Waals surface area contributed by atoms with Crippen molar-refractivity contribution < 1.29 is 9.53 Å². The summed E-state index contributed by atoms with van der Waals surface area (Å²) in [7, 11) is 1.64. The number of hydrogen-bond acceptors (Lipinski definition) is 2. The van der Waals surface area contributed by atoms with E-state index in [1.165, 1.54) is 0 Å². The Hall–Kier alpha value is -1.57. The van der Waals surface area contributed by atoms with Crippen LogP contribution in [0.15, 0.2) is 30.3 Å². The number of methoxy groups -OCH3 is 1. The molecule has 2 heteroatoms. The average molecular weight is 232 g/mol. The number of carbonyl (C=O) groups excluding carboxylic acids is 1. The standard InChI is InChI=1S/C15H20O2/c1-3-4-5-6-14(16)10-7-13-8-11-15(17-2)12-9-13/h7-12H,3-6H2,1-2H3/b10-7+. The summed E-state index contributed by atoms with van der Waals surface area (Å²) in [5, 5.41) is 0. The largest absolute Gasteiger partial charge is 0.497 e. The van der Waals surface area contributed by atoms with Crippen molar-refractivity contribution >= 4 is 11.9 Å². The molecule has 0 fully saturated rings. The minimum Gasteiger partial charge on any atom is -0.497 e. The summed E-state index contributed by atoms with van der Waals surface area (Å²) < 4.78 is 5.07. The maximum absolute atomic E-state index is 11.5. The molecule has 1 rings (SSSR count). The van der Waals surface area contributed by atoms with Gasteiger partial charge >= 0.3 is 0 Å². The first kappa shape index (κ1) is 13.5. The molecule has 0 radical (unpaired) electrons. The van der Waals surface area contributed by atoms with E-state index in [1.54, 1.807) is 13.2 Å². The molecule has 17 heavy (non-hydrogen) atoms. The Bertz CT molecular complexity index is 363. The van der Waals surface area contributed by atoms with E-state index >= 15 is 0 Å². The van der Waals surface area contributed by atoms with Crippen LogP contribution < -0.4 is 4.74 Å². The highest BCUT2D eigenvalue weighted by molar-refractivity contribution is 5.93. The second kappa shape index (κ2) is 7.66. The van der Waals surface area contributed by atoms with E-state index < -0.39 is 0 Å². The summed E-state index contributed by atoms with van der Waals surface area (Å²) in [5.41, 5.74) is 1.02. The van der Waals surface area contributed by atoms with Crippen molar-refractivity contribution in [3.05, 3.63) is 35.9 Å². The van der Waals surface area contributed by atoms with Gasteiger partial charge < -0.3 is 4.74 Å². The lowest BCUT2D eigenvalue weighted by Crippen LogP contribution is -1.91. The zero-order valence-electron chi connectivity index (χ0n) is 10.6. The van der Waals surface area contributed by atoms with Gasteiger partial charge in [0.15, 0.2) is 5.78 Å². The molecule has 1 aromatic carbocycles. The Kier molecular flexibility index (Phi) is 6.08. The predicted molar refractivity (Wildman–Crippen MR) is 71.2 cm³/mol. The van der Waals surface area contributed by atoms with E-state index in [1.807, 2.05) is 30.3 Å². The van der Waals surface area contributed by atoms with E-state index in [4.69, 9.17) is 4.74 Å². The summed E-state index contributed by atoms with van der Waals surface area (Å²) in [5.74, 6) is 1.03. The smallest absolute Gasteiger partial charge is 0.155 e. The quantitative estimate of drug-likeness (QED) is 0.527. The first-order valence-corrected chi connectivity index (χ1v) is 6.11. The average Bonchev–Trinajstić information content (AvgIpc) is 2.37. The van der Waals surface area contributed by atoms with Crippen molar-refractivity contribution in [1.82, 2.24) is 0 Å². The van der Waals surface area contributed by atoms with Gasteiger partial charge in [0.05, 0.1) is 7.11 Å². The molecule has 1 aromatic rings. The van der Waals surface area contributed by atoms with Crippen LogP contribution in [0.25, 0.3) is 6.08 Å². The highest BCUT2D eigenvalue weighted by atomic mass is 16.5. The van der Waals surface area contributed by atoms with Crippen molar-refractivity contribution in [2.75, 3.05) is 7.11 Å². The molecule has 0 bridgehead atoms. The third-order valence-corrected chi connectivity index (χ3v) is 2.60. The molecule has 0 saturated carbocycles. The van der Waals surface area contributed by atoms with Gasteiger partial charge in [-0.2, -0.15) is 0 Å². The summed E-state index contributed by atoms with van der Waals surface area (Å²) in [4.78, 5) is 11.5. The molecule has 0 heterocycles. The second-order valence-electron chi connectivity index (χ2n) is 4.03. The summed E-state index contributed by atoms with van der Waals surface area (Å²) in [6.07, 6.45) is 7.44. The lowest BCUT2D eigenvalue weighted by molar-refractivity contribution is -0.114. The fourth-order valence-electron chi connectivity index (χ4n) is 1.54. The topological polar surface area (TPSA) is 26.3 Å². The van der Waals surface area contributed by atoms with Crippen molar-refractivity contribution in [2.45, 2.75) is 32.6 Å². The maximum Gasteiger partial charge on any atom is 0.155 e. The molecule has 0 N–H and O–H groups in total. The van der Waals surface area contributed by atoms with Gasteiger partial charge in [-0.3, -0.25) is 4.79 Å². The Morgan fingerprint density at radius 3 is 2.53 bits per heavy atom. The van der Waals surface area contributed by atoms with Crippen molar-refractivity contribution in [3.63, 3.8) is 0 Å². The first-order valence-electron chi connectivity index (χ1n) is 6.11. The number of allylic oxidation sites excluding steroid dienone is 1. The molecule has 0 aliphatic carbocycles. The molecule has 0 aromatic heterocycles. The van der Waals surface area contributed by atoms with Crippen LogP contribution >= 0.6 is 0 Å². The fourth-order valence-corrected chi connectivity index (χ4v) is 1.54. The zero-order valence-corrected chi connectivity index (χ0v) is 10.6. The Morgan fingerprint density at radius 2 is 1.94 bits per heavy atom. The van der Waals surface area contributed by atoms with Gasteiger partial charge in [-0.25, -0.2) is 0 Å². The minimum atomic E-state index is 0.203. The van der Waals surface area contributed by atoms with Crippen molar-refractivity contribution in [3.8, 4) is 5.75 Å². The number of ether oxygens (including phenoxy) is 1. The van der Waals surface area contributed by atoms with E-state index in [2.05, 4.69) is 6.92 Å². The molecular formula is C15H20O2. The molecule has 0 atom stereocenters. The monoisotopic (exact) mass is 232 g/mol. The predicted octanol–water partition coefficient (Wildman–Crippen LogP) is 3.86. The minimum absolute atomic E-state index is 0.203. The van der Waals surface area contributed by atoms with Gasteiger partial charge in [0.1, 0.15) is 5.75 Å². The maximum atomic E-state index is 11.5. The van der Waals surface area contributed by atoms with Gasteiger partial charge in [-0.15, -0.1) is 0 Å². The fraction of sp³-hybridized carbons (Fsp3) is 0.400. The zero-order chi connectivity index (χ0) is 12.5. The molecule has 0 amide bonds. The van der Waals surface area contributed by atoms with E-state index in [0.29, 0.717) is 6.42 Å². The van der Waals surface area contributed by atoms with Gasteiger partial charge in [0.2, 0.25) is 0 Å². The van der Waals surface area contributed by atoms with Crippen LogP contribution in [0, 0.1) is 0 Å². The Morgan fingerprint density at radius 1 is 1.24 bits per heavy atom. The lowest BCUT2D eigenvalue weighted by atomic mass is 10.1. The highest BCUT2D eigenvalue weighted by Crippen LogP contribution is 2.12.